The summed E-state index contributed by atoms with van der Waals surface area (Å²) in [6.45, 7) is 4.02. The Kier molecular flexibility index (Phi) is 7.12. The number of hydrogen-bond acceptors (Lipinski definition) is 5. The summed E-state index contributed by atoms with van der Waals surface area (Å²) in [4.78, 5) is 38.8. The van der Waals surface area contributed by atoms with E-state index in [1.54, 1.807) is 0 Å². The van der Waals surface area contributed by atoms with Crippen LogP contribution in [-0.2, 0) is 14.3 Å². The predicted octanol–water partition coefficient (Wildman–Crippen LogP) is 3.38. The van der Waals surface area contributed by atoms with Crippen LogP contribution in [0.5, 0.6) is 0 Å². The van der Waals surface area contributed by atoms with Crippen molar-refractivity contribution >= 4 is 18.0 Å². The van der Waals surface area contributed by atoms with E-state index in [0.29, 0.717) is 19.4 Å². The molecule has 35 heavy (non-hydrogen) atoms. The topological polar surface area (TPSA) is 116 Å². The molecule has 8 heteroatoms. The Hall–Kier alpha value is -3.39. The van der Waals surface area contributed by atoms with E-state index in [2.05, 4.69) is 17.4 Å². The molecule has 1 saturated heterocycles. The quantitative estimate of drug-likeness (QED) is 0.560. The molecule has 186 valence electrons. The van der Waals surface area contributed by atoms with Crippen LogP contribution < -0.4 is 5.32 Å². The number of carbonyl (C=O) groups excluding carboxylic acids is 2. The molecule has 2 aromatic carbocycles. The fraction of sp³-hybridized carbons (Fsp3) is 0.444. The highest BCUT2D eigenvalue weighted by Gasteiger charge is 2.43. The van der Waals surface area contributed by atoms with E-state index in [1.165, 1.54) is 4.90 Å². The maximum atomic E-state index is 13.2. The molecule has 0 saturated carbocycles. The Bertz CT molecular complexity index is 1070. The van der Waals surface area contributed by atoms with Gasteiger partial charge in [-0.05, 0) is 47.4 Å². The smallest absolute Gasteiger partial charge is 0.407 e. The highest BCUT2D eigenvalue weighted by Crippen LogP contribution is 2.44. The van der Waals surface area contributed by atoms with Crippen LogP contribution in [0, 0.1) is 5.92 Å². The number of likely N-dealkylation sites (tertiary alicyclic amines) is 1. The summed E-state index contributed by atoms with van der Waals surface area (Å²) in [5.41, 5.74) is 2.47. The number of aliphatic hydroxyl groups is 1. The monoisotopic (exact) mass is 480 g/mol. The summed E-state index contributed by atoms with van der Waals surface area (Å²) in [6.07, 6.45) is 0.121. The SMILES string of the molecule is CC(C)CC(NC(=O)OCC1c2ccccc2-c2ccccc21)C(=O)N1CCCC(O)(C(=O)O)C1. The minimum Gasteiger partial charge on any atom is -0.479 e. The van der Waals surface area contributed by atoms with Gasteiger partial charge in [0.25, 0.3) is 0 Å². The summed E-state index contributed by atoms with van der Waals surface area (Å²) in [5, 5.41) is 22.4. The summed E-state index contributed by atoms with van der Waals surface area (Å²) in [6, 6.07) is 15.2. The van der Waals surface area contributed by atoms with Crippen LogP contribution in [0.2, 0.25) is 0 Å². The van der Waals surface area contributed by atoms with Crippen molar-refractivity contribution in [3.8, 4) is 11.1 Å². The van der Waals surface area contributed by atoms with Crippen molar-refractivity contribution < 1.29 is 29.3 Å². The number of carbonyl (C=O) groups is 3. The molecule has 1 aliphatic heterocycles. The second-order valence-electron chi connectivity index (χ2n) is 9.85. The largest absolute Gasteiger partial charge is 0.479 e. The van der Waals surface area contributed by atoms with Crippen LogP contribution >= 0.6 is 0 Å². The Morgan fingerprint density at radius 3 is 2.26 bits per heavy atom. The van der Waals surface area contributed by atoms with E-state index in [1.807, 2.05) is 50.2 Å². The number of fused-ring (bicyclic) bond motifs is 3. The van der Waals surface area contributed by atoms with E-state index in [-0.39, 0.29) is 31.4 Å². The number of rotatable bonds is 7. The molecule has 2 aliphatic rings. The molecular formula is C27H32N2O6. The number of ether oxygens (including phenoxy) is 1. The average Bonchev–Trinajstić information content (AvgIpc) is 3.15. The highest BCUT2D eigenvalue weighted by atomic mass is 16.5. The van der Waals surface area contributed by atoms with Crippen molar-refractivity contribution in [3.05, 3.63) is 59.7 Å². The molecule has 0 bridgehead atoms. The van der Waals surface area contributed by atoms with Crippen LogP contribution in [0.1, 0.15) is 50.2 Å². The first-order chi connectivity index (χ1) is 16.7. The van der Waals surface area contributed by atoms with Crippen LogP contribution in [0.25, 0.3) is 11.1 Å². The molecule has 2 aromatic rings. The number of benzene rings is 2. The van der Waals surface area contributed by atoms with Gasteiger partial charge in [-0.2, -0.15) is 0 Å². The molecular weight excluding hydrogens is 448 g/mol. The number of carboxylic acid groups (broad SMARTS) is 1. The van der Waals surface area contributed by atoms with Gasteiger partial charge in [-0.15, -0.1) is 0 Å². The van der Waals surface area contributed by atoms with Gasteiger partial charge in [0.1, 0.15) is 12.6 Å². The Labute approximate surface area is 204 Å². The van der Waals surface area contributed by atoms with Gasteiger partial charge in [-0.25, -0.2) is 9.59 Å². The number of nitrogens with zero attached hydrogens (tertiary/aromatic N) is 1. The fourth-order valence-corrected chi connectivity index (χ4v) is 5.09. The average molecular weight is 481 g/mol. The third-order valence-electron chi connectivity index (χ3n) is 6.82. The van der Waals surface area contributed by atoms with Crippen LogP contribution in [0.3, 0.4) is 0 Å². The second kappa shape index (κ2) is 10.1. The molecule has 2 amide bonds. The number of aliphatic carboxylic acids is 1. The number of amides is 2. The molecule has 1 heterocycles. The van der Waals surface area contributed by atoms with E-state index in [0.717, 1.165) is 22.3 Å². The molecule has 0 spiro atoms. The number of β-amino-alcohol motifs (C(OH)–C–C–N with tert-alkyl or cyclic N) is 1. The van der Waals surface area contributed by atoms with Crippen molar-refractivity contribution in [1.82, 2.24) is 10.2 Å². The predicted molar refractivity (Wildman–Crippen MR) is 130 cm³/mol. The van der Waals surface area contributed by atoms with Gasteiger partial charge in [0.15, 0.2) is 5.60 Å². The van der Waals surface area contributed by atoms with Gasteiger partial charge in [-0.1, -0.05) is 62.4 Å². The number of piperidine rings is 1. The zero-order valence-corrected chi connectivity index (χ0v) is 20.1. The van der Waals surface area contributed by atoms with E-state index in [9.17, 15) is 24.6 Å². The maximum absolute atomic E-state index is 13.2. The molecule has 0 aromatic heterocycles. The molecule has 0 radical (unpaired) electrons. The first-order valence-electron chi connectivity index (χ1n) is 12.1. The van der Waals surface area contributed by atoms with E-state index < -0.39 is 29.6 Å². The van der Waals surface area contributed by atoms with Gasteiger partial charge >= 0.3 is 12.1 Å². The van der Waals surface area contributed by atoms with Crippen LogP contribution in [-0.4, -0.2) is 64.4 Å². The second-order valence-corrected chi connectivity index (χ2v) is 9.85. The lowest BCUT2D eigenvalue weighted by Crippen LogP contribution is -2.58. The summed E-state index contributed by atoms with van der Waals surface area (Å²) >= 11 is 0. The normalized spacial score (nSPS) is 20.2. The number of carboxylic acids is 1. The minimum absolute atomic E-state index is 0.0841. The molecule has 8 nitrogen and oxygen atoms in total. The van der Waals surface area contributed by atoms with Crippen LogP contribution in [0.15, 0.2) is 48.5 Å². The lowest BCUT2D eigenvalue weighted by Gasteiger charge is -2.38. The first kappa shape index (κ1) is 24.7. The number of alkyl carbamates (subject to hydrolysis) is 1. The minimum atomic E-state index is -1.97. The van der Waals surface area contributed by atoms with Gasteiger partial charge in [0.2, 0.25) is 5.91 Å². The van der Waals surface area contributed by atoms with Gasteiger partial charge < -0.3 is 25.2 Å². The van der Waals surface area contributed by atoms with Gasteiger partial charge in [0, 0.05) is 12.5 Å². The van der Waals surface area contributed by atoms with Gasteiger partial charge in [0.05, 0.1) is 6.54 Å². The Morgan fingerprint density at radius 2 is 1.69 bits per heavy atom. The summed E-state index contributed by atoms with van der Waals surface area (Å²) < 4.78 is 5.60. The Balaban J connectivity index is 1.43. The fourth-order valence-electron chi connectivity index (χ4n) is 5.09. The van der Waals surface area contributed by atoms with Gasteiger partial charge in [-0.3, -0.25) is 4.79 Å². The standard InChI is InChI=1S/C27H32N2O6/c1-17(2)14-23(24(30)29-13-7-12-27(34,16-29)25(31)32)28-26(33)35-15-22-20-10-5-3-8-18(20)19-9-4-6-11-21(19)22/h3-6,8-11,17,22-23,34H,7,12-16H2,1-2H3,(H,28,33)(H,31,32). The zero-order valence-electron chi connectivity index (χ0n) is 20.1. The lowest BCUT2D eigenvalue weighted by molar-refractivity contribution is -0.167. The number of hydrogen-bond donors (Lipinski definition) is 3. The highest BCUT2D eigenvalue weighted by molar-refractivity contribution is 5.87. The molecule has 1 aliphatic carbocycles. The third-order valence-corrected chi connectivity index (χ3v) is 6.82. The first-order valence-corrected chi connectivity index (χ1v) is 12.1. The molecule has 1 fully saturated rings. The van der Waals surface area contributed by atoms with Crippen LogP contribution in [0.4, 0.5) is 4.79 Å². The lowest BCUT2D eigenvalue weighted by atomic mass is 9.92. The molecule has 2 unspecified atom stereocenters. The Morgan fingerprint density at radius 1 is 1.09 bits per heavy atom. The summed E-state index contributed by atoms with van der Waals surface area (Å²) in [5.74, 6) is -1.76. The van der Waals surface area contributed by atoms with Crippen molar-refractivity contribution in [2.45, 2.75) is 50.7 Å². The number of nitrogens with one attached hydrogen (secondary N) is 1. The van der Waals surface area contributed by atoms with Crippen molar-refractivity contribution in [2.75, 3.05) is 19.7 Å². The summed E-state index contributed by atoms with van der Waals surface area (Å²) in [7, 11) is 0. The molecule has 4 rings (SSSR count). The third kappa shape index (κ3) is 5.17. The zero-order chi connectivity index (χ0) is 25.2. The van der Waals surface area contributed by atoms with Crippen molar-refractivity contribution in [1.29, 1.82) is 0 Å². The van der Waals surface area contributed by atoms with E-state index >= 15 is 0 Å². The van der Waals surface area contributed by atoms with Crippen molar-refractivity contribution in [3.63, 3.8) is 0 Å². The molecule has 2 atom stereocenters. The van der Waals surface area contributed by atoms with E-state index in [4.69, 9.17) is 4.74 Å². The maximum Gasteiger partial charge on any atom is 0.407 e. The molecule has 3 N–H and O–H groups in total. The van der Waals surface area contributed by atoms with Crippen molar-refractivity contribution in [2.24, 2.45) is 5.92 Å².